The molecule has 0 bridgehead atoms. The molecule has 0 spiro atoms. The Morgan fingerprint density at radius 1 is 1.33 bits per heavy atom. The van der Waals surface area contributed by atoms with Crippen LogP contribution in [-0.2, 0) is 13.1 Å². The largest absolute Gasteiger partial charge is 0.493 e. The number of nitrogens with one attached hydrogen (secondary N) is 1. The number of rotatable bonds is 7. The third-order valence-electron chi connectivity index (χ3n) is 3.56. The zero-order valence-electron chi connectivity index (χ0n) is 14.4. The summed E-state index contributed by atoms with van der Waals surface area (Å²) in [6.07, 6.45) is 5.39. The molecule has 1 amide bonds. The maximum atomic E-state index is 12.5. The van der Waals surface area contributed by atoms with Gasteiger partial charge < -0.3 is 19.4 Å². The number of hydrogen-bond acceptors (Lipinski definition) is 5. The van der Waals surface area contributed by atoms with Crippen molar-refractivity contribution in [1.29, 1.82) is 0 Å². The van der Waals surface area contributed by atoms with E-state index in [4.69, 9.17) is 9.47 Å². The lowest BCUT2D eigenvalue weighted by Gasteiger charge is -2.13. The van der Waals surface area contributed by atoms with E-state index in [0.29, 0.717) is 29.4 Å². The maximum absolute atomic E-state index is 12.5. The molecule has 0 atom stereocenters. The molecule has 128 valence electrons. The van der Waals surface area contributed by atoms with Gasteiger partial charge in [-0.2, -0.15) is 0 Å². The van der Waals surface area contributed by atoms with Crippen LogP contribution in [0.1, 0.15) is 35.6 Å². The summed E-state index contributed by atoms with van der Waals surface area (Å²) in [5, 5.41) is 10.7. The van der Waals surface area contributed by atoms with Crippen LogP contribution in [0.4, 0.5) is 0 Å². The minimum Gasteiger partial charge on any atom is -0.493 e. The summed E-state index contributed by atoms with van der Waals surface area (Å²) in [6, 6.07) is 3.42. The average Bonchev–Trinajstić information content (AvgIpc) is 3.06. The standard InChI is InChI=1S/C17H22N4O3/c1-5-7-12-8-13(9-14(23-3)16(12)24-4)17(22)18-10-15-20-19-11-21(15)6-2/h5,7-9,11H,6,10H2,1-4H3,(H,18,22). The van der Waals surface area contributed by atoms with Crippen molar-refractivity contribution < 1.29 is 14.3 Å². The number of hydrogen-bond donors (Lipinski definition) is 1. The van der Waals surface area contributed by atoms with Crippen molar-refractivity contribution in [2.24, 2.45) is 0 Å². The summed E-state index contributed by atoms with van der Waals surface area (Å²) in [4.78, 5) is 12.5. The fourth-order valence-electron chi connectivity index (χ4n) is 2.37. The van der Waals surface area contributed by atoms with Gasteiger partial charge in [-0.1, -0.05) is 12.2 Å². The molecule has 0 aliphatic carbocycles. The highest BCUT2D eigenvalue weighted by Gasteiger charge is 2.15. The molecule has 1 aromatic carbocycles. The Hall–Kier alpha value is -2.83. The van der Waals surface area contributed by atoms with Gasteiger partial charge in [-0.25, -0.2) is 0 Å². The highest BCUT2D eigenvalue weighted by atomic mass is 16.5. The van der Waals surface area contributed by atoms with Crippen LogP contribution >= 0.6 is 0 Å². The SMILES string of the molecule is CC=Cc1cc(C(=O)NCc2nncn2CC)cc(OC)c1OC. The van der Waals surface area contributed by atoms with E-state index in [1.54, 1.807) is 32.7 Å². The summed E-state index contributed by atoms with van der Waals surface area (Å²) in [5.74, 6) is 1.60. The Balaban J connectivity index is 2.24. The Kier molecular flexibility index (Phi) is 5.95. The van der Waals surface area contributed by atoms with Crippen LogP contribution in [0.5, 0.6) is 11.5 Å². The van der Waals surface area contributed by atoms with Crippen molar-refractivity contribution in [3.8, 4) is 11.5 Å². The molecule has 0 aliphatic rings. The van der Waals surface area contributed by atoms with E-state index >= 15 is 0 Å². The molecular formula is C17H22N4O3. The van der Waals surface area contributed by atoms with E-state index in [2.05, 4.69) is 15.5 Å². The molecule has 7 nitrogen and oxygen atoms in total. The number of carbonyl (C=O) groups excluding carboxylic acids is 1. The monoisotopic (exact) mass is 330 g/mol. The van der Waals surface area contributed by atoms with E-state index in [1.165, 1.54) is 0 Å². The molecule has 0 radical (unpaired) electrons. The summed E-state index contributed by atoms with van der Waals surface area (Å²) < 4.78 is 12.6. The van der Waals surface area contributed by atoms with E-state index in [9.17, 15) is 4.79 Å². The third-order valence-corrected chi connectivity index (χ3v) is 3.56. The van der Waals surface area contributed by atoms with Gasteiger partial charge in [-0.15, -0.1) is 10.2 Å². The molecule has 2 aromatic rings. The zero-order valence-corrected chi connectivity index (χ0v) is 14.4. The molecule has 2 rings (SSSR count). The van der Waals surface area contributed by atoms with Crippen molar-refractivity contribution in [3.63, 3.8) is 0 Å². The van der Waals surface area contributed by atoms with Gasteiger partial charge in [0.15, 0.2) is 17.3 Å². The second-order valence-corrected chi connectivity index (χ2v) is 5.02. The van der Waals surface area contributed by atoms with Gasteiger partial charge >= 0.3 is 0 Å². The molecule has 0 unspecified atom stereocenters. The highest BCUT2D eigenvalue weighted by molar-refractivity contribution is 5.95. The normalized spacial score (nSPS) is 10.8. The van der Waals surface area contributed by atoms with E-state index in [1.807, 2.05) is 30.6 Å². The van der Waals surface area contributed by atoms with Crippen molar-refractivity contribution in [3.05, 3.63) is 41.5 Å². The van der Waals surface area contributed by atoms with Crippen LogP contribution in [0, 0.1) is 0 Å². The van der Waals surface area contributed by atoms with Crippen LogP contribution in [0.15, 0.2) is 24.5 Å². The predicted molar refractivity (Wildman–Crippen MR) is 91.1 cm³/mol. The lowest BCUT2D eigenvalue weighted by atomic mass is 10.1. The van der Waals surface area contributed by atoms with Gasteiger partial charge in [-0.3, -0.25) is 4.79 Å². The van der Waals surface area contributed by atoms with Crippen molar-refractivity contribution >= 4 is 12.0 Å². The Bertz CT molecular complexity index is 737. The lowest BCUT2D eigenvalue weighted by Crippen LogP contribution is -2.24. The molecule has 0 aliphatic heterocycles. The first-order valence-electron chi connectivity index (χ1n) is 7.68. The highest BCUT2D eigenvalue weighted by Crippen LogP contribution is 2.33. The van der Waals surface area contributed by atoms with Crippen molar-refractivity contribution in [2.75, 3.05) is 14.2 Å². The van der Waals surface area contributed by atoms with Gasteiger partial charge in [0.25, 0.3) is 5.91 Å². The number of amides is 1. The summed E-state index contributed by atoms with van der Waals surface area (Å²) in [6.45, 7) is 4.95. The van der Waals surface area contributed by atoms with Gasteiger partial charge in [0, 0.05) is 17.7 Å². The number of aromatic nitrogens is 3. The number of carbonyl (C=O) groups is 1. The average molecular weight is 330 g/mol. The van der Waals surface area contributed by atoms with Crippen LogP contribution in [0.2, 0.25) is 0 Å². The van der Waals surface area contributed by atoms with Crippen LogP contribution in [0.3, 0.4) is 0 Å². The number of methoxy groups -OCH3 is 2. The molecule has 1 heterocycles. The fourth-order valence-corrected chi connectivity index (χ4v) is 2.37. The first kappa shape index (κ1) is 17.5. The van der Waals surface area contributed by atoms with Gasteiger partial charge in [-0.05, 0) is 26.0 Å². The molecule has 7 heteroatoms. The summed E-state index contributed by atoms with van der Waals surface area (Å²) in [7, 11) is 3.12. The minimum atomic E-state index is -0.215. The third kappa shape index (κ3) is 3.73. The second-order valence-electron chi connectivity index (χ2n) is 5.02. The lowest BCUT2D eigenvalue weighted by molar-refractivity contribution is 0.0949. The molecule has 24 heavy (non-hydrogen) atoms. The fraction of sp³-hybridized carbons (Fsp3) is 0.353. The number of aryl methyl sites for hydroxylation is 1. The number of benzene rings is 1. The van der Waals surface area contributed by atoms with Gasteiger partial charge in [0.2, 0.25) is 0 Å². The van der Waals surface area contributed by atoms with Crippen LogP contribution in [-0.4, -0.2) is 34.9 Å². The number of nitrogens with zero attached hydrogens (tertiary/aromatic N) is 3. The van der Waals surface area contributed by atoms with Gasteiger partial charge in [0.05, 0.1) is 20.8 Å². The molecule has 1 aromatic heterocycles. The van der Waals surface area contributed by atoms with E-state index in [-0.39, 0.29) is 5.91 Å². The van der Waals surface area contributed by atoms with Crippen molar-refractivity contribution in [2.45, 2.75) is 26.9 Å². The molecule has 0 saturated heterocycles. The van der Waals surface area contributed by atoms with E-state index < -0.39 is 0 Å². The summed E-state index contributed by atoms with van der Waals surface area (Å²) >= 11 is 0. The number of ether oxygens (including phenoxy) is 2. The Labute approximate surface area is 141 Å². The minimum absolute atomic E-state index is 0.215. The smallest absolute Gasteiger partial charge is 0.251 e. The quantitative estimate of drug-likeness (QED) is 0.842. The zero-order chi connectivity index (χ0) is 17.5. The molecular weight excluding hydrogens is 308 g/mol. The van der Waals surface area contributed by atoms with Crippen molar-refractivity contribution in [1.82, 2.24) is 20.1 Å². The Morgan fingerprint density at radius 2 is 2.12 bits per heavy atom. The molecule has 1 N–H and O–H groups in total. The number of allylic oxidation sites excluding steroid dienone is 1. The molecule has 0 saturated carbocycles. The maximum Gasteiger partial charge on any atom is 0.251 e. The summed E-state index contributed by atoms with van der Waals surface area (Å²) in [5.41, 5.74) is 1.27. The van der Waals surface area contributed by atoms with E-state index in [0.717, 1.165) is 12.1 Å². The van der Waals surface area contributed by atoms with Crippen LogP contribution in [0.25, 0.3) is 6.08 Å². The first-order chi connectivity index (χ1) is 11.6. The Morgan fingerprint density at radius 3 is 2.75 bits per heavy atom. The predicted octanol–water partition coefficient (Wildman–Crippen LogP) is 2.28. The van der Waals surface area contributed by atoms with Crippen LogP contribution < -0.4 is 14.8 Å². The second kappa shape index (κ2) is 8.14. The molecule has 0 fully saturated rings. The first-order valence-corrected chi connectivity index (χ1v) is 7.68. The van der Waals surface area contributed by atoms with Gasteiger partial charge in [0.1, 0.15) is 6.33 Å². The topological polar surface area (TPSA) is 78.3 Å².